The van der Waals surface area contributed by atoms with Crippen LogP contribution in [-0.2, 0) is 4.74 Å². The molecule has 1 fully saturated rings. The van der Waals surface area contributed by atoms with Crippen molar-refractivity contribution in [2.45, 2.75) is 38.5 Å². The molecule has 1 heterocycles. The molecule has 1 aliphatic rings. The molecule has 1 nitrogen and oxygen atoms in total. The number of benzene rings is 1. The van der Waals surface area contributed by atoms with Crippen LogP contribution in [0.4, 0.5) is 0 Å². The van der Waals surface area contributed by atoms with Gasteiger partial charge in [0, 0.05) is 13.2 Å². The molecule has 0 unspecified atom stereocenters. The Labute approximate surface area is 108 Å². The van der Waals surface area contributed by atoms with E-state index < -0.39 is 0 Å². The lowest BCUT2D eigenvalue weighted by Gasteiger charge is -2.28. The van der Waals surface area contributed by atoms with Crippen molar-refractivity contribution < 1.29 is 4.74 Å². The molecule has 0 spiro atoms. The fraction of sp³-hybridized carbons (Fsp3) is 0.600. The van der Waals surface area contributed by atoms with Crippen LogP contribution in [0.2, 0.25) is 0 Å². The van der Waals surface area contributed by atoms with Gasteiger partial charge in [0.2, 0.25) is 0 Å². The van der Waals surface area contributed by atoms with Gasteiger partial charge in [-0.15, -0.1) is 0 Å². The second-order valence-electron chi connectivity index (χ2n) is 5.05. The monoisotopic (exact) mass is 252 g/mol. The Balaban J connectivity index is 2.24. The second kappa shape index (κ2) is 5.92. The molecule has 0 radical (unpaired) electrons. The van der Waals surface area contributed by atoms with Crippen LogP contribution in [0, 0.1) is 20.8 Å². The van der Waals surface area contributed by atoms with Gasteiger partial charge in [0.15, 0.2) is 0 Å². The highest BCUT2D eigenvalue weighted by atomic mass is 32.2. The van der Waals surface area contributed by atoms with E-state index in [-0.39, 0.29) is 10.9 Å². The van der Waals surface area contributed by atoms with Crippen molar-refractivity contribution in [3.63, 3.8) is 0 Å². The molecule has 0 saturated carbocycles. The van der Waals surface area contributed by atoms with Crippen LogP contribution < -0.4 is 0 Å². The average Bonchev–Trinajstić information content (AvgIpc) is 2.19. The first-order chi connectivity index (χ1) is 8.18. The van der Waals surface area contributed by atoms with Gasteiger partial charge in [0.1, 0.15) is 0 Å². The zero-order valence-corrected chi connectivity index (χ0v) is 12.1. The van der Waals surface area contributed by atoms with Gasteiger partial charge in [-0.25, -0.2) is 10.9 Å². The fourth-order valence-corrected chi connectivity index (χ4v) is 5.64. The first kappa shape index (κ1) is 13.0. The Morgan fingerprint density at radius 3 is 2.00 bits per heavy atom. The van der Waals surface area contributed by atoms with E-state index >= 15 is 0 Å². The lowest BCUT2D eigenvalue weighted by atomic mass is 10.1. The summed E-state index contributed by atoms with van der Waals surface area (Å²) in [5.74, 6) is 2.69. The predicted molar refractivity (Wildman–Crippen MR) is 77.7 cm³/mol. The zero-order valence-electron chi connectivity index (χ0n) is 11.3. The molecule has 2 rings (SSSR count). The van der Waals surface area contributed by atoms with E-state index in [1.54, 1.807) is 4.90 Å². The summed E-state index contributed by atoms with van der Waals surface area (Å²) in [6.07, 6.45) is 2.47. The van der Waals surface area contributed by atoms with Crippen molar-refractivity contribution >= 4 is 10.9 Å². The van der Waals surface area contributed by atoms with E-state index in [1.165, 1.54) is 41.0 Å². The zero-order chi connectivity index (χ0) is 12.3. The summed E-state index contributed by atoms with van der Waals surface area (Å²) in [5.41, 5.74) is 4.42. The SMILES string of the molecule is Cc1cc(C)c([SH]2CCCOCCC2)c(C)c1. The first-order valence-electron chi connectivity index (χ1n) is 6.59. The molecule has 2 heteroatoms. The van der Waals surface area contributed by atoms with Gasteiger partial charge >= 0.3 is 0 Å². The van der Waals surface area contributed by atoms with Gasteiger partial charge in [0.05, 0.1) is 0 Å². The lowest BCUT2D eigenvalue weighted by Crippen LogP contribution is -2.10. The number of rotatable bonds is 1. The summed E-state index contributed by atoms with van der Waals surface area (Å²) in [7, 11) is 0.0554. The molecule has 17 heavy (non-hydrogen) atoms. The van der Waals surface area contributed by atoms with E-state index in [9.17, 15) is 0 Å². The van der Waals surface area contributed by atoms with E-state index in [1.807, 2.05) is 0 Å². The third-order valence-corrected chi connectivity index (χ3v) is 6.44. The maximum atomic E-state index is 5.55. The Kier molecular flexibility index (Phi) is 4.52. The maximum Gasteiger partial charge on any atom is 0.0473 e. The number of hydrogen-bond acceptors (Lipinski definition) is 1. The standard InChI is InChI=1S/C15H24OS/c1-12-10-13(2)15(14(3)11-12)17-8-4-6-16-7-5-9-17/h10-11,17H,4-9H2,1-3H3. The summed E-state index contributed by atoms with van der Waals surface area (Å²) in [4.78, 5) is 1.67. The summed E-state index contributed by atoms with van der Waals surface area (Å²) in [6.45, 7) is 8.69. The fourth-order valence-electron chi connectivity index (χ4n) is 2.82. The molecule has 0 amide bonds. The van der Waals surface area contributed by atoms with Crippen molar-refractivity contribution in [3.05, 3.63) is 28.8 Å². The highest BCUT2D eigenvalue weighted by Gasteiger charge is 2.14. The molecule has 0 bridgehead atoms. The lowest BCUT2D eigenvalue weighted by molar-refractivity contribution is 0.135. The number of ether oxygens (including phenoxy) is 1. The third kappa shape index (κ3) is 3.26. The first-order valence-corrected chi connectivity index (χ1v) is 8.30. The van der Waals surface area contributed by atoms with Gasteiger partial charge in [0.25, 0.3) is 0 Å². The van der Waals surface area contributed by atoms with Gasteiger partial charge in [-0.3, -0.25) is 0 Å². The van der Waals surface area contributed by atoms with Crippen molar-refractivity contribution in [1.29, 1.82) is 0 Å². The van der Waals surface area contributed by atoms with Gasteiger partial charge in [-0.05, 0) is 61.1 Å². The molecule has 1 aromatic rings. The van der Waals surface area contributed by atoms with Crippen LogP contribution >= 0.6 is 10.9 Å². The molecule has 1 aliphatic heterocycles. The minimum atomic E-state index is 0.0554. The maximum absolute atomic E-state index is 5.55. The van der Waals surface area contributed by atoms with E-state index in [2.05, 4.69) is 32.9 Å². The normalized spacial score (nSPS) is 19.8. The Morgan fingerprint density at radius 2 is 1.47 bits per heavy atom. The molecule has 1 aromatic carbocycles. The molecule has 0 aromatic heterocycles. The van der Waals surface area contributed by atoms with E-state index in [0.29, 0.717) is 0 Å². The minimum absolute atomic E-state index is 0.0554. The molecule has 96 valence electrons. The average molecular weight is 252 g/mol. The van der Waals surface area contributed by atoms with Crippen LogP contribution in [0.25, 0.3) is 0 Å². The van der Waals surface area contributed by atoms with E-state index in [0.717, 1.165) is 13.2 Å². The van der Waals surface area contributed by atoms with Gasteiger partial charge in [-0.1, -0.05) is 17.7 Å². The smallest absolute Gasteiger partial charge is 0.0473 e. The third-order valence-electron chi connectivity index (χ3n) is 3.39. The molecule has 0 atom stereocenters. The second-order valence-corrected chi connectivity index (χ2v) is 7.48. The Bertz CT molecular complexity index is 356. The van der Waals surface area contributed by atoms with Crippen LogP contribution in [0.15, 0.2) is 17.0 Å². The predicted octanol–water partition coefficient (Wildman–Crippen LogP) is 3.78. The van der Waals surface area contributed by atoms with Crippen molar-refractivity contribution in [1.82, 2.24) is 0 Å². The molecular formula is C15H24OS. The van der Waals surface area contributed by atoms with Crippen LogP contribution in [0.3, 0.4) is 0 Å². The van der Waals surface area contributed by atoms with Crippen LogP contribution in [0.1, 0.15) is 29.5 Å². The quantitative estimate of drug-likeness (QED) is 0.748. The van der Waals surface area contributed by atoms with Crippen molar-refractivity contribution in [2.75, 3.05) is 24.7 Å². The molecular weight excluding hydrogens is 228 g/mol. The highest BCUT2D eigenvalue weighted by molar-refractivity contribution is 8.17. The highest BCUT2D eigenvalue weighted by Crippen LogP contribution is 2.42. The largest absolute Gasteiger partial charge is 0.381 e. The van der Waals surface area contributed by atoms with Crippen LogP contribution in [0.5, 0.6) is 0 Å². The molecule has 1 saturated heterocycles. The molecule has 0 aliphatic carbocycles. The van der Waals surface area contributed by atoms with Crippen LogP contribution in [-0.4, -0.2) is 24.7 Å². The summed E-state index contributed by atoms with van der Waals surface area (Å²) >= 11 is 0. The Morgan fingerprint density at radius 1 is 0.941 bits per heavy atom. The van der Waals surface area contributed by atoms with Crippen molar-refractivity contribution in [3.8, 4) is 0 Å². The summed E-state index contributed by atoms with van der Waals surface area (Å²) in [5, 5.41) is 0. The summed E-state index contributed by atoms with van der Waals surface area (Å²) in [6, 6.07) is 4.69. The number of aryl methyl sites for hydroxylation is 3. The van der Waals surface area contributed by atoms with Gasteiger partial charge in [-0.2, -0.15) is 0 Å². The van der Waals surface area contributed by atoms with E-state index in [4.69, 9.17) is 4.74 Å². The number of thiol groups is 1. The van der Waals surface area contributed by atoms with Crippen molar-refractivity contribution in [2.24, 2.45) is 0 Å². The Hall–Kier alpha value is -0.470. The summed E-state index contributed by atoms with van der Waals surface area (Å²) < 4.78 is 5.55. The molecule has 0 N–H and O–H groups in total. The topological polar surface area (TPSA) is 9.23 Å². The number of hydrogen-bond donors (Lipinski definition) is 1. The minimum Gasteiger partial charge on any atom is -0.381 e. The van der Waals surface area contributed by atoms with Gasteiger partial charge < -0.3 is 4.74 Å².